The van der Waals surface area contributed by atoms with Gasteiger partial charge in [0.2, 0.25) is 5.89 Å². The second-order valence-electron chi connectivity index (χ2n) is 8.08. The van der Waals surface area contributed by atoms with E-state index in [0.29, 0.717) is 28.1 Å². The van der Waals surface area contributed by atoms with E-state index in [1.54, 1.807) is 6.07 Å². The predicted octanol–water partition coefficient (Wildman–Crippen LogP) is 7.68. The van der Waals surface area contributed by atoms with E-state index in [1.807, 2.05) is 60.7 Å². The second kappa shape index (κ2) is 8.13. The highest BCUT2D eigenvalue weighted by atomic mass is 35.5. The molecule has 0 spiro atoms. The van der Waals surface area contributed by atoms with Crippen molar-refractivity contribution in [1.82, 2.24) is 4.98 Å². The van der Waals surface area contributed by atoms with Crippen molar-refractivity contribution in [1.29, 1.82) is 0 Å². The lowest BCUT2D eigenvalue weighted by atomic mass is 10.0. The van der Waals surface area contributed by atoms with Gasteiger partial charge in [-0.05, 0) is 59.3 Å². The lowest BCUT2D eigenvalue weighted by molar-refractivity contribution is 0.102. The Morgan fingerprint density at radius 1 is 0.938 bits per heavy atom. The molecule has 0 atom stereocenters. The van der Waals surface area contributed by atoms with Crippen molar-refractivity contribution in [3.63, 3.8) is 0 Å². The van der Waals surface area contributed by atoms with E-state index in [2.05, 4.69) is 36.3 Å². The van der Waals surface area contributed by atoms with Gasteiger partial charge in [0.05, 0.1) is 0 Å². The summed E-state index contributed by atoms with van der Waals surface area (Å²) in [4.78, 5) is 17.7. The van der Waals surface area contributed by atoms with Gasteiger partial charge in [-0.1, -0.05) is 61.8 Å². The van der Waals surface area contributed by atoms with Crippen LogP contribution in [0.3, 0.4) is 0 Å². The topological polar surface area (TPSA) is 55.1 Å². The van der Waals surface area contributed by atoms with Crippen molar-refractivity contribution in [3.05, 3.63) is 95.0 Å². The smallest absolute Gasteiger partial charge is 0.256 e. The Balaban J connectivity index is 1.46. The first-order chi connectivity index (χ1) is 15.5. The van der Waals surface area contributed by atoms with Crippen LogP contribution >= 0.6 is 11.6 Å². The molecule has 1 amide bonds. The van der Waals surface area contributed by atoms with Crippen LogP contribution in [-0.2, 0) is 0 Å². The SMILES string of the molecule is CC(C)c1ccc2oc(-c3cccc(NC(=O)c4cccc5c(Cl)cccc45)c3)nc2c1. The van der Waals surface area contributed by atoms with Gasteiger partial charge < -0.3 is 9.73 Å². The predicted molar refractivity (Wildman–Crippen MR) is 130 cm³/mol. The van der Waals surface area contributed by atoms with Gasteiger partial charge in [-0.3, -0.25) is 4.79 Å². The normalized spacial score (nSPS) is 11.4. The molecule has 0 radical (unpaired) electrons. The van der Waals surface area contributed by atoms with Gasteiger partial charge in [-0.15, -0.1) is 0 Å². The lowest BCUT2D eigenvalue weighted by Gasteiger charge is -2.09. The van der Waals surface area contributed by atoms with Crippen LogP contribution in [0.2, 0.25) is 5.02 Å². The van der Waals surface area contributed by atoms with E-state index in [4.69, 9.17) is 16.0 Å². The minimum absolute atomic E-state index is 0.200. The molecule has 0 aliphatic rings. The molecule has 1 N–H and O–H groups in total. The van der Waals surface area contributed by atoms with E-state index in [0.717, 1.165) is 27.4 Å². The average Bonchev–Trinajstić information content (AvgIpc) is 3.23. The zero-order valence-electron chi connectivity index (χ0n) is 17.7. The maximum absolute atomic E-state index is 13.0. The summed E-state index contributed by atoms with van der Waals surface area (Å²) in [5, 5.41) is 5.27. The number of nitrogens with one attached hydrogen (secondary N) is 1. The molecule has 5 heteroatoms. The number of carbonyl (C=O) groups is 1. The van der Waals surface area contributed by atoms with Crippen LogP contribution in [0.15, 0.2) is 83.3 Å². The average molecular weight is 441 g/mol. The van der Waals surface area contributed by atoms with Gasteiger partial charge in [0.25, 0.3) is 5.91 Å². The van der Waals surface area contributed by atoms with E-state index in [9.17, 15) is 4.79 Å². The van der Waals surface area contributed by atoms with Crippen molar-refractivity contribution < 1.29 is 9.21 Å². The van der Waals surface area contributed by atoms with Gasteiger partial charge in [0.1, 0.15) is 5.52 Å². The van der Waals surface area contributed by atoms with E-state index < -0.39 is 0 Å². The maximum atomic E-state index is 13.0. The van der Waals surface area contributed by atoms with Crippen LogP contribution in [0.25, 0.3) is 33.3 Å². The van der Waals surface area contributed by atoms with Crippen LogP contribution in [0, 0.1) is 0 Å². The molecule has 0 saturated carbocycles. The van der Waals surface area contributed by atoms with Gasteiger partial charge in [0.15, 0.2) is 5.58 Å². The summed E-state index contributed by atoms with van der Waals surface area (Å²) in [7, 11) is 0. The summed E-state index contributed by atoms with van der Waals surface area (Å²) < 4.78 is 5.97. The molecule has 4 nitrogen and oxygen atoms in total. The molecule has 5 rings (SSSR count). The number of fused-ring (bicyclic) bond motifs is 2. The number of carbonyl (C=O) groups excluding carboxylic acids is 1. The van der Waals surface area contributed by atoms with Crippen LogP contribution in [0.4, 0.5) is 5.69 Å². The molecule has 5 aromatic rings. The third kappa shape index (κ3) is 3.74. The minimum Gasteiger partial charge on any atom is -0.436 e. The molecule has 0 bridgehead atoms. The number of benzene rings is 4. The van der Waals surface area contributed by atoms with Crippen LogP contribution < -0.4 is 5.32 Å². The molecule has 0 aliphatic carbocycles. The summed E-state index contributed by atoms with van der Waals surface area (Å²) >= 11 is 6.29. The summed E-state index contributed by atoms with van der Waals surface area (Å²) in [6, 6.07) is 24.7. The summed E-state index contributed by atoms with van der Waals surface area (Å²) in [5.41, 5.74) is 4.81. The molecule has 0 unspecified atom stereocenters. The highest BCUT2D eigenvalue weighted by molar-refractivity contribution is 6.36. The Labute approximate surface area is 190 Å². The molecule has 1 heterocycles. The number of rotatable bonds is 4. The molecule has 1 aromatic heterocycles. The Morgan fingerprint density at radius 2 is 1.72 bits per heavy atom. The minimum atomic E-state index is -0.200. The molecule has 0 saturated heterocycles. The van der Waals surface area contributed by atoms with Crippen molar-refractivity contribution in [2.24, 2.45) is 0 Å². The molecule has 4 aromatic carbocycles. The number of amides is 1. The van der Waals surface area contributed by atoms with E-state index in [1.165, 1.54) is 5.56 Å². The monoisotopic (exact) mass is 440 g/mol. The Bertz CT molecular complexity index is 1470. The van der Waals surface area contributed by atoms with Gasteiger partial charge in [-0.2, -0.15) is 0 Å². The number of oxazole rings is 1. The summed E-state index contributed by atoms with van der Waals surface area (Å²) in [6.45, 7) is 4.30. The Morgan fingerprint density at radius 3 is 2.56 bits per heavy atom. The third-order valence-electron chi connectivity index (χ3n) is 5.56. The maximum Gasteiger partial charge on any atom is 0.256 e. The number of aromatic nitrogens is 1. The first-order valence-electron chi connectivity index (χ1n) is 10.5. The summed E-state index contributed by atoms with van der Waals surface area (Å²) in [5.74, 6) is 0.741. The molecular formula is C27H21ClN2O2. The molecule has 0 fully saturated rings. The first kappa shape index (κ1) is 20.3. The molecule has 158 valence electrons. The van der Waals surface area contributed by atoms with E-state index >= 15 is 0 Å². The molecule has 32 heavy (non-hydrogen) atoms. The third-order valence-corrected chi connectivity index (χ3v) is 5.89. The van der Waals surface area contributed by atoms with E-state index in [-0.39, 0.29) is 5.91 Å². The Kier molecular flexibility index (Phi) is 5.16. The quantitative estimate of drug-likeness (QED) is 0.312. The highest BCUT2D eigenvalue weighted by Gasteiger charge is 2.14. The standard InChI is InChI=1S/C27H21ClN2O2/c1-16(2)17-12-13-25-24(15-17)30-27(32-25)18-6-3-7-19(14-18)29-26(31)22-10-4-9-21-20(22)8-5-11-23(21)28/h3-16H,1-2H3,(H,29,31). The van der Waals surface area contributed by atoms with Crippen molar-refractivity contribution in [3.8, 4) is 11.5 Å². The fourth-order valence-electron chi connectivity index (χ4n) is 3.83. The van der Waals surface area contributed by atoms with Gasteiger partial charge in [-0.25, -0.2) is 4.98 Å². The summed E-state index contributed by atoms with van der Waals surface area (Å²) in [6.07, 6.45) is 0. The number of hydrogen-bond acceptors (Lipinski definition) is 3. The zero-order chi connectivity index (χ0) is 22.2. The Hall–Kier alpha value is -3.63. The fourth-order valence-corrected chi connectivity index (χ4v) is 4.06. The second-order valence-corrected chi connectivity index (χ2v) is 8.48. The van der Waals surface area contributed by atoms with Crippen molar-refractivity contribution >= 4 is 45.1 Å². The highest BCUT2D eigenvalue weighted by Crippen LogP contribution is 2.29. The lowest BCUT2D eigenvalue weighted by Crippen LogP contribution is -2.12. The van der Waals surface area contributed by atoms with Crippen molar-refractivity contribution in [2.45, 2.75) is 19.8 Å². The molecule has 0 aliphatic heterocycles. The number of hydrogen-bond donors (Lipinski definition) is 1. The largest absolute Gasteiger partial charge is 0.436 e. The van der Waals surface area contributed by atoms with Crippen LogP contribution in [-0.4, -0.2) is 10.9 Å². The number of nitrogens with zero attached hydrogens (tertiary/aromatic N) is 1. The van der Waals surface area contributed by atoms with Gasteiger partial charge >= 0.3 is 0 Å². The number of halogens is 1. The number of anilines is 1. The first-order valence-corrected chi connectivity index (χ1v) is 10.9. The zero-order valence-corrected chi connectivity index (χ0v) is 18.5. The van der Waals surface area contributed by atoms with Crippen LogP contribution in [0.1, 0.15) is 35.7 Å². The molecular weight excluding hydrogens is 420 g/mol. The van der Waals surface area contributed by atoms with Crippen LogP contribution in [0.5, 0.6) is 0 Å². The van der Waals surface area contributed by atoms with Gasteiger partial charge in [0, 0.05) is 27.2 Å². The van der Waals surface area contributed by atoms with Crippen molar-refractivity contribution in [2.75, 3.05) is 5.32 Å². The fraction of sp³-hybridized carbons (Fsp3) is 0.111.